The zero-order chi connectivity index (χ0) is 30.4. The van der Waals surface area contributed by atoms with E-state index < -0.39 is 12.4 Å². The molecule has 0 aliphatic carbocycles. The van der Waals surface area contributed by atoms with Crippen molar-refractivity contribution in [3.63, 3.8) is 0 Å². The van der Waals surface area contributed by atoms with E-state index in [9.17, 15) is 10.1 Å². The molecule has 4 aromatic carbocycles. The third-order valence-corrected chi connectivity index (χ3v) is 12.7. The second-order valence-electron chi connectivity index (χ2n) is 9.94. The van der Waals surface area contributed by atoms with Crippen LogP contribution in [0.1, 0.15) is 0 Å². The molecule has 0 saturated carbocycles. The second-order valence-corrected chi connectivity index (χ2v) is 14.8. The fourth-order valence-electron chi connectivity index (χ4n) is 4.81. The Morgan fingerprint density at radius 3 is 1.30 bits per heavy atom. The summed E-state index contributed by atoms with van der Waals surface area (Å²) in [6, 6.07) is 30.6. The maximum atomic E-state index is 11.4. The molecule has 220 valence electrons. The van der Waals surface area contributed by atoms with Gasteiger partial charge in [0.15, 0.2) is 14.4 Å². The quantitative estimate of drug-likeness (QED) is 0.108. The van der Waals surface area contributed by atoms with Gasteiger partial charge < -0.3 is 13.7 Å². The lowest BCUT2D eigenvalue weighted by molar-refractivity contribution is -0.384. The molecule has 44 heavy (non-hydrogen) atoms. The van der Waals surface area contributed by atoms with Gasteiger partial charge in [-0.15, -0.1) is 0 Å². The standard InChI is InChI=1S/C30H25N8O2PS3/c1-35-22-10-4-7-13-25(22)42-28(35)32-41(31-20-16-18-21(19-17-20)38(39)40,33-29-36(2)23-11-5-8-14-26(23)43-29)34-30-37(3)24-12-6-9-15-27(24)44-30/h4-19H,1-3H3/b32-28-,33-29+,34-30?. The summed E-state index contributed by atoms with van der Waals surface area (Å²) in [5, 5.41) is 11.4. The first-order chi connectivity index (χ1) is 21.3. The first-order valence-corrected chi connectivity index (χ1v) is 17.5. The summed E-state index contributed by atoms with van der Waals surface area (Å²) in [5.74, 6) is 0. The van der Waals surface area contributed by atoms with Crippen molar-refractivity contribution >= 4 is 83.5 Å². The van der Waals surface area contributed by atoms with E-state index in [1.54, 1.807) is 46.1 Å². The number of rotatable bonds is 5. The van der Waals surface area contributed by atoms with Gasteiger partial charge in [0.25, 0.3) is 5.69 Å². The molecule has 7 rings (SSSR count). The van der Waals surface area contributed by atoms with Crippen LogP contribution in [-0.4, -0.2) is 18.6 Å². The number of fused-ring (bicyclic) bond motifs is 3. The molecule has 0 N–H and O–H groups in total. The maximum absolute atomic E-state index is 11.4. The number of benzene rings is 4. The van der Waals surface area contributed by atoms with E-state index in [0.717, 1.165) is 45.1 Å². The summed E-state index contributed by atoms with van der Waals surface area (Å²) in [4.78, 5) is 13.2. The average molecular weight is 657 g/mol. The van der Waals surface area contributed by atoms with Crippen LogP contribution in [0.5, 0.6) is 0 Å². The van der Waals surface area contributed by atoms with E-state index in [-0.39, 0.29) is 5.69 Å². The number of hydrogen-bond donors (Lipinski definition) is 0. The predicted octanol–water partition coefficient (Wildman–Crippen LogP) is 7.63. The van der Waals surface area contributed by atoms with Crippen molar-refractivity contribution in [3.05, 3.63) is 122 Å². The third-order valence-electron chi connectivity index (χ3n) is 7.11. The zero-order valence-electron chi connectivity index (χ0n) is 23.8. The summed E-state index contributed by atoms with van der Waals surface area (Å²) in [7, 11) is 2.58. The minimum atomic E-state index is -3.37. The number of nitro benzene ring substituents is 1. The molecule has 0 saturated heterocycles. The fourth-order valence-corrected chi connectivity index (χ4v) is 10.8. The lowest BCUT2D eigenvalue weighted by atomic mass is 10.3. The van der Waals surface area contributed by atoms with Crippen molar-refractivity contribution in [2.45, 2.75) is 0 Å². The van der Waals surface area contributed by atoms with Gasteiger partial charge >= 0.3 is 7.51 Å². The van der Waals surface area contributed by atoms with Crippen molar-refractivity contribution < 1.29 is 4.92 Å². The van der Waals surface area contributed by atoms with Gasteiger partial charge in [-0.05, 0) is 48.5 Å². The molecule has 7 aromatic rings. The van der Waals surface area contributed by atoms with Gasteiger partial charge in [0.2, 0.25) is 0 Å². The van der Waals surface area contributed by atoms with Gasteiger partial charge in [-0.1, -0.05) is 70.4 Å². The van der Waals surface area contributed by atoms with Gasteiger partial charge in [0.1, 0.15) is 0 Å². The average Bonchev–Trinajstić information content (AvgIpc) is 3.63. The van der Waals surface area contributed by atoms with Crippen molar-refractivity contribution in [3.8, 4) is 0 Å². The molecular weight excluding hydrogens is 632 g/mol. The number of hydrogen-bond acceptors (Lipinski definition) is 6. The number of thiazole rings is 3. The molecule has 0 radical (unpaired) electrons. The van der Waals surface area contributed by atoms with Crippen molar-refractivity contribution in [1.29, 1.82) is 0 Å². The van der Waals surface area contributed by atoms with Gasteiger partial charge in [0, 0.05) is 33.3 Å². The molecule has 3 heterocycles. The topological polar surface area (TPSA) is 107 Å². The molecule has 0 spiro atoms. The highest BCUT2D eigenvalue weighted by atomic mass is 32.1. The molecule has 1 unspecified atom stereocenters. The highest BCUT2D eigenvalue weighted by Gasteiger charge is 2.21. The van der Waals surface area contributed by atoms with E-state index in [1.165, 1.54) is 12.1 Å². The molecule has 0 aliphatic heterocycles. The summed E-state index contributed by atoms with van der Waals surface area (Å²) in [6.07, 6.45) is 0. The van der Waals surface area contributed by atoms with Gasteiger partial charge in [-0.3, -0.25) is 10.1 Å². The van der Waals surface area contributed by atoms with Crippen LogP contribution in [0.2, 0.25) is 0 Å². The monoisotopic (exact) mass is 656 g/mol. The minimum absolute atomic E-state index is 0.0126. The van der Waals surface area contributed by atoms with Gasteiger partial charge in [0.05, 0.1) is 41.3 Å². The third kappa shape index (κ3) is 5.17. The Bertz CT molecular complexity index is 2270. The normalized spacial score (nSPS) is 14.6. The van der Waals surface area contributed by atoms with Crippen LogP contribution in [0, 0.1) is 10.1 Å². The highest BCUT2D eigenvalue weighted by molar-refractivity contribution is 7.62. The van der Waals surface area contributed by atoms with Crippen molar-refractivity contribution in [2.24, 2.45) is 40.2 Å². The Hall–Kier alpha value is -4.42. The van der Waals surface area contributed by atoms with E-state index in [0.29, 0.717) is 5.69 Å². The lowest BCUT2D eigenvalue weighted by Crippen LogP contribution is -2.14. The van der Waals surface area contributed by atoms with Crippen LogP contribution in [-0.2, 0) is 21.1 Å². The van der Waals surface area contributed by atoms with Gasteiger partial charge in [-0.2, -0.15) is 14.3 Å². The van der Waals surface area contributed by atoms with Crippen LogP contribution in [0.25, 0.3) is 30.6 Å². The van der Waals surface area contributed by atoms with E-state index in [2.05, 4.69) is 36.4 Å². The Kier molecular flexibility index (Phi) is 7.25. The molecule has 0 bridgehead atoms. The number of aromatic nitrogens is 3. The Balaban J connectivity index is 1.64. The summed E-state index contributed by atoms with van der Waals surface area (Å²) < 4.78 is 30.6. The fraction of sp³-hybridized carbons (Fsp3) is 0.100. The molecule has 14 heteroatoms. The predicted molar refractivity (Wildman–Crippen MR) is 181 cm³/mol. The smallest absolute Gasteiger partial charge is 0.313 e. The zero-order valence-corrected chi connectivity index (χ0v) is 27.1. The molecule has 0 fully saturated rings. The van der Waals surface area contributed by atoms with Crippen molar-refractivity contribution in [1.82, 2.24) is 13.7 Å². The second kappa shape index (κ2) is 11.3. The molecule has 1 atom stereocenters. The number of para-hydroxylation sites is 3. The Labute approximate surface area is 262 Å². The highest BCUT2D eigenvalue weighted by Crippen LogP contribution is 2.56. The largest absolute Gasteiger partial charge is 0.319 e. The lowest BCUT2D eigenvalue weighted by Gasteiger charge is -2.10. The first kappa shape index (κ1) is 28.4. The first-order valence-electron chi connectivity index (χ1n) is 13.5. The molecule has 3 aromatic heterocycles. The maximum Gasteiger partial charge on any atom is 0.313 e. The van der Waals surface area contributed by atoms with E-state index in [4.69, 9.17) is 19.0 Å². The Morgan fingerprint density at radius 2 is 0.955 bits per heavy atom. The van der Waals surface area contributed by atoms with E-state index >= 15 is 0 Å². The number of non-ortho nitro benzene ring substituents is 1. The molecular formula is C30H25N8O2PS3. The van der Waals surface area contributed by atoms with Crippen molar-refractivity contribution in [2.75, 3.05) is 0 Å². The summed E-state index contributed by atoms with van der Waals surface area (Å²) in [6.45, 7) is 0. The number of aryl methyl sites for hydroxylation is 3. The molecule has 0 amide bonds. The molecule has 10 nitrogen and oxygen atoms in total. The number of nitro groups is 1. The number of nitrogens with zero attached hydrogens (tertiary/aromatic N) is 8. The van der Waals surface area contributed by atoms with Crippen LogP contribution in [0.3, 0.4) is 0 Å². The van der Waals surface area contributed by atoms with Crippen LogP contribution >= 0.6 is 41.5 Å². The summed E-state index contributed by atoms with van der Waals surface area (Å²) >= 11 is 4.67. The van der Waals surface area contributed by atoms with Crippen LogP contribution in [0.15, 0.2) is 116 Å². The van der Waals surface area contributed by atoms with Gasteiger partial charge in [-0.25, -0.2) is 4.74 Å². The SMILES string of the molecule is Cn1c(=NP(=Nc2ccc([N+](=O)[O-])cc2)(/N=c2\sc3ccccc3n2C)/N=c2/sc3ccccc3n2C)sc2ccccc21. The summed E-state index contributed by atoms with van der Waals surface area (Å²) in [5.41, 5.74) is 3.64. The molecule has 0 aliphatic rings. The van der Waals surface area contributed by atoms with E-state index in [1.807, 2.05) is 71.2 Å². The van der Waals surface area contributed by atoms with Crippen LogP contribution < -0.4 is 14.4 Å². The Morgan fingerprint density at radius 1 is 0.591 bits per heavy atom. The minimum Gasteiger partial charge on any atom is -0.319 e. The van der Waals surface area contributed by atoms with Crippen LogP contribution in [0.4, 0.5) is 11.4 Å².